The molecule has 0 fully saturated rings. The minimum Gasteiger partial charge on any atom is -0.354 e. The molecular formula is C86H72N6. The van der Waals surface area contributed by atoms with Gasteiger partial charge in [-0.2, -0.15) is 0 Å². The lowest BCUT2D eigenvalue weighted by atomic mass is 9.92. The second-order valence-electron chi connectivity index (χ2n) is 25.2. The van der Waals surface area contributed by atoms with Gasteiger partial charge in [-0.3, -0.25) is 0 Å². The third-order valence-corrected chi connectivity index (χ3v) is 18.7. The van der Waals surface area contributed by atoms with Crippen molar-refractivity contribution >= 4 is 90.0 Å². The predicted molar refractivity (Wildman–Crippen MR) is 390 cm³/mol. The van der Waals surface area contributed by atoms with Gasteiger partial charge < -0.3 is 19.1 Å². The Hall–Kier alpha value is -10.9. The van der Waals surface area contributed by atoms with E-state index in [1.807, 2.05) is 0 Å². The average molecular weight is 1190 g/mol. The van der Waals surface area contributed by atoms with Crippen LogP contribution in [0.5, 0.6) is 0 Å². The van der Waals surface area contributed by atoms with Crippen molar-refractivity contribution in [2.45, 2.75) is 94.2 Å². The third-order valence-electron chi connectivity index (χ3n) is 18.7. The van der Waals surface area contributed by atoms with Crippen LogP contribution in [0.15, 0.2) is 182 Å². The topological polar surface area (TPSA) is 67.2 Å². The number of nitrogens with zero attached hydrogens (tertiary/aromatic N) is 4. The minimum absolute atomic E-state index is 0.862. The molecule has 5 aromatic heterocycles. The Morgan fingerprint density at radius 2 is 0.652 bits per heavy atom. The Morgan fingerprint density at radius 1 is 0.326 bits per heavy atom. The molecule has 0 saturated heterocycles. The number of nitrogens with one attached hydrogen (secondary N) is 2. The Bertz CT molecular complexity index is 5160. The zero-order valence-electron chi connectivity index (χ0n) is 53.7. The van der Waals surface area contributed by atoms with Gasteiger partial charge in [0.25, 0.3) is 0 Å². The molecule has 6 heteroatoms. The molecule has 446 valence electrons. The van der Waals surface area contributed by atoms with Crippen LogP contribution in [0.25, 0.3) is 134 Å². The van der Waals surface area contributed by atoms with E-state index in [2.05, 4.69) is 304 Å². The van der Waals surface area contributed by atoms with Gasteiger partial charge in [0, 0.05) is 123 Å². The highest BCUT2D eigenvalue weighted by Gasteiger charge is 2.23. The molecule has 8 aromatic carbocycles. The standard InChI is InChI=1S/C86H72N6/c1-9-11-45-91-77-19-15-13-17-65(77)67-51-61(29-43-79(67)91)23-21-59-25-31-63(32-26-59)83-69-35-39-73(87-69)85(81-55(5)47-53(3)48-56(81)6)75-41-37-71(89-75)84(72-38-42-76(90-72)86(74-40-36-70(83)88-74)82-57(7)49-54(4)50-58(82)8)64-33-27-60(28-34-64)22-24-62-30-44-80-68(52-62)66-18-14-16-20-78(66)92(80)46-12-10-2/h13-20,25-44,47-52,87,90H,9-12,45-46H2,1-8H3. The number of benzene rings is 8. The molecule has 8 bridgehead atoms. The van der Waals surface area contributed by atoms with Gasteiger partial charge >= 0.3 is 0 Å². The lowest BCUT2D eigenvalue weighted by Gasteiger charge is -2.13. The Labute approximate surface area is 538 Å². The van der Waals surface area contributed by atoms with Gasteiger partial charge in [-0.15, -0.1) is 0 Å². The summed E-state index contributed by atoms with van der Waals surface area (Å²) in [6.07, 6.45) is 13.3. The molecule has 2 aliphatic rings. The first kappa shape index (κ1) is 57.5. The fraction of sp³-hybridized carbons (Fsp3) is 0.163. The number of para-hydroxylation sites is 2. The van der Waals surface area contributed by atoms with Gasteiger partial charge in [0.1, 0.15) is 0 Å². The van der Waals surface area contributed by atoms with Crippen LogP contribution in [0.2, 0.25) is 0 Å². The normalized spacial score (nSPS) is 11.9. The number of hydrogen-bond donors (Lipinski definition) is 2. The van der Waals surface area contributed by atoms with Crippen LogP contribution < -0.4 is 0 Å². The van der Waals surface area contributed by atoms with Crippen molar-refractivity contribution in [1.82, 2.24) is 29.1 Å². The molecule has 0 saturated carbocycles. The number of unbranched alkanes of at least 4 members (excludes halogenated alkanes) is 2. The smallest absolute Gasteiger partial charge is 0.0737 e. The second-order valence-corrected chi connectivity index (χ2v) is 25.2. The SMILES string of the molecule is CCCCn1c2ccccc2c2cc(C#Cc3ccc(-c4c5nc(c(-c6c(C)cc(C)cc6C)c6ccc([nH]6)c(-c6ccc(C#Cc7ccc8c(c7)c7ccccc7n8CCCC)cc6)c6nc(c(-c7c(C)cc(C)cc7C)c7ccc4[nH]7)C=C6)C=C5)cc3)ccc21. The van der Waals surface area contributed by atoms with E-state index < -0.39 is 0 Å². The number of H-pyrrole nitrogens is 2. The molecular weight excluding hydrogens is 1120 g/mol. The Kier molecular flexibility index (Phi) is 14.9. The number of aryl methyl sites for hydroxylation is 8. The van der Waals surface area contributed by atoms with Crippen LogP contribution in [0.3, 0.4) is 0 Å². The minimum atomic E-state index is 0.862. The molecule has 6 nitrogen and oxygen atoms in total. The zero-order chi connectivity index (χ0) is 62.7. The third kappa shape index (κ3) is 10.4. The molecule has 2 N–H and O–H groups in total. The van der Waals surface area contributed by atoms with E-state index in [1.54, 1.807) is 0 Å². The van der Waals surface area contributed by atoms with E-state index in [1.165, 1.54) is 77.0 Å². The Morgan fingerprint density at radius 3 is 1.03 bits per heavy atom. The van der Waals surface area contributed by atoms with Gasteiger partial charge in [0.05, 0.1) is 22.8 Å². The monoisotopic (exact) mass is 1190 g/mol. The van der Waals surface area contributed by atoms with E-state index in [0.29, 0.717) is 0 Å². The highest BCUT2D eigenvalue weighted by Crippen LogP contribution is 2.42. The summed E-state index contributed by atoms with van der Waals surface area (Å²) in [5.41, 5.74) is 31.9. The molecule has 0 atom stereocenters. The highest BCUT2D eigenvalue weighted by molar-refractivity contribution is 6.10. The second kappa shape index (κ2) is 23.8. The molecule has 13 aromatic rings. The van der Waals surface area contributed by atoms with E-state index in [0.717, 1.165) is 150 Å². The zero-order valence-corrected chi connectivity index (χ0v) is 53.7. The summed E-state index contributed by atoms with van der Waals surface area (Å²) >= 11 is 0. The lowest BCUT2D eigenvalue weighted by Crippen LogP contribution is -1.96. The molecule has 2 aliphatic heterocycles. The first-order valence-corrected chi connectivity index (χ1v) is 32.6. The van der Waals surface area contributed by atoms with Crippen LogP contribution >= 0.6 is 0 Å². The van der Waals surface area contributed by atoms with Crippen molar-refractivity contribution in [2.24, 2.45) is 0 Å². The van der Waals surface area contributed by atoms with E-state index in [4.69, 9.17) is 9.97 Å². The van der Waals surface area contributed by atoms with E-state index in [9.17, 15) is 0 Å². The van der Waals surface area contributed by atoms with Crippen LogP contribution in [-0.4, -0.2) is 29.1 Å². The summed E-state index contributed by atoms with van der Waals surface area (Å²) in [5.74, 6) is 14.1. The van der Waals surface area contributed by atoms with Crippen molar-refractivity contribution in [2.75, 3.05) is 0 Å². The molecule has 0 amide bonds. The van der Waals surface area contributed by atoms with Crippen molar-refractivity contribution in [1.29, 1.82) is 0 Å². The molecule has 0 radical (unpaired) electrons. The average Bonchev–Trinajstić information content (AvgIpc) is 1.62. The van der Waals surface area contributed by atoms with Crippen molar-refractivity contribution < 1.29 is 0 Å². The summed E-state index contributed by atoms with van der Waals surface area (Å²) in [6, 6.07) is 66.2. The number of rotatable bonds is 10. The molecule has 92 heavy (non-hydrogen) atoms. The van der Waals surface area contributed by atoms with Gasteiger partial charge in [0.15, 0.2) is 0 Å². The van der Waals surface area contributed by atoms with Crippen molar-refractivity contribution in [3.8, 4) is 68.2 Å². The fourth-order valence-corrected chi connectivity index (χ4v) is 14.6. The number of fused-ring (bicyclic) bond motifs is 14. The van der Waals surface area contributed by atoms with Crippen LogP contribution in [0.4, 0.5) is 0 Å². The maximum atomic E-state index is 5.70. The summed E-state index contributed by atoms with van der Waals surface area (Å²) in [5, 5.41) is 5.03. The Balaban J connectivity index is 0.897. The van der Waals surface area contributed by atoms with Gasteiger partial charge in [0.2, 0.25) is 0 Å². The van der Waals surface area contributed by atoms with Crippen LogP contribution in [-0.2, 0) is 13.1 Å². The molecule has 7 heterocycles. The summed E-state index contributed by atoms with van der Waals surface area (Å²) < 4.78 is 4.93. The lowest BCUT2D eigenvalue weighted by molar-refractivity contribution is 0.665. The maximum absolute atomic E-state index is 5.70. The van der Waals surface area contributed by atoms with E-state index in [-0.39, 0.29) is 0 Å². The molecule has 0 spiro atoms. The van der Waals surface area contributed by atoms with Crippen LogP contribution in [0.1, 0.15) is 118 Å². The summed E-state index contributed by atoms with van der Waals surface area (Å²) in [7, 11) is 0. The first-order valence-electron chi connectivity index (χ1n) is 32.6. The molecule has 0 aliphatic carbocycles. The first-order chi connectivity index (χ1) is 45.0. The number of hydrogen-bond acceptors (Lipinski definition) is 2. The number of aromatic nitrogens is 6. The summed E-state index contributed by atoms with van der Waals surface area (Å²) in [4.78, 5) is 19.4. The van der Waals surface area contributed by atoms with E-state index >= 15 is 0 Å². The maximum Gasteiger partial charge on any atom is 0.0737 e. The van der Waals surface area contributed by atoms with Crippen LogP contribution in [0, 0.1) is 65.2 Å². The molecule has 0 unspecified atom stereocenters. The summed E-state index contributed by atoms with van der Waals surface area (Å²) in [6.45, 7) is 19.7. The predicted octanol–water partition coefficient (Wildman–Crippen LogP) is 21.8. The quantitative estimate of drug-likeness (QED) is 0.134. The van der Waals surface area contributed by atoms with Crippen molar-refractivity contribution in [3.05, 3.63) is 260 Å². The van der Waals surface area contributed by atoms with Gasteiger partial charge in [-0.25, -0.2) is 9.97 Å². The fourth-order valence-electron chi connectivity index (χ4n) is 14.6. The van der Waals surface area contributed by atoms with Crippen molar-refractivity contribution in [3.63, 3.8) is 0 Å². The largest absolute Gasteiger partial charge is 0.354 e. The highest BCUT2D eigenvalue weighted by atomic mass is 15.0. The van der Waals surface area contributed by atoms with Gasteiger partial charge in [-0.1, -0.05) is 146 Å². The molecule has 15 rings (SSSR count). The number of aromatic amines is 2. The van der Waals surface area contributed by atoms with Gasteiger partial charge in [-0.05, 0) is 220 Å².